The molecule has 1 amide bonds. The number of carbonyl (C=O) groups excluding carboxylic acids is 3. The maximum Gasteiger partial charge on any atom is 0.308 e. The van der Waals surface area contributed by atoms with Gasteiger partial charge < -0.3 is 23.5 Å². The average molecular weight is 653 g/mol. The van der Waals surface area contributed by atoms with Gasteiger partial charge in [-0.05, 0) is 73.9 Å². The minimum atomic E-state index is -0.888. The molecule has 1 saturated heterocycles. The van der Waals surface area contributed by atoms with Gasteiger partial charge in [0.1, 0.15) is 11.7 Å². The number of nitrogens with zero attached hydrogens (tertiary/aromatic N) is 2. The van der Waals surface area contributed by atoms with Crippen molar-refractivity contribution in [3.05, 3.63) is 89.4 Å². The maximum atomic E-state index is 14.1. The summed E-state index contributed by atoms with van der Waals surface area (Å²) in [4.78, 5) is 44.0. The number of hydrogen-bond donors (Lipinski definition) is 0. The third kappa shape index (κ3) is 5.32. The van der Waals surface area contributed by atoms with E-state index in [0.717, 1.165) is 36.2 Å². The number of amides is 1. The largest absolute Gasteiger partial charge is 0.483 e. The Morgan fingerprint density at radius 3 is 2.58 bits per heavy atom. The van der Waals surface area contributed by atoms with Crippen molar-refractivity contribution in [1.82, 2.24) is 9.80 Å². The molecule has 48 heavy (non-hydrogen) atoms. The molecule has 0 radical (unpaired) electrons. The molecule has 2 aromatic carbocycles. The Morgan fingerprint density at radius 2 is 1.88 bits per heavy atom. The standard InChI is InChI=1S/C39H44N2O7/c1-25(2)23-41(34(44)13-10-29-16-21-45-24-29)31-14-17-39(48-27(4)43)33-22-30-11-12-32(46-26(3)42)36-35(30)38(39,37(31)47-36)18-20-40(33)19-15-28-8-6-5-7-9-28/h5-13,16,21,24-25,31,33,37H,14-15,17-20,22-23H2,1-4H3/b13-10+/t31-,33-,37+,38+,39-/m1/s1. The summed E-state index contributed by atoms with van der Waals surface area (Å²) in [5.74, 6) is 0.232. The lowest BCUT2D eigenvalue weighted by molar-refractivity contribution is -0.224. The number of hydrogen-bond acceptors (Lipinski definition) is 8. The summed E-state index contributed by atoms with van der Waals surface area (Å²) in [6.45, 7) is 9.22. The summed E-state index contributed by atoms with van der Waals surface area (Å²) in [6, 6.07) is 15.8. The Morgan fingerprint density at radius 1 is 1.06 bits per heavy atom. The van der Waals surface area contributed by atoms with Gasteiger partial charge in [-0.25, -0.2) is 0 Å². The zero-order valence-electron chi connectivity index (χ0n) is 28.1. The van der Waals surface area contributed by atoms with E-state index in [4.69, 9.17) is 18.6 Å². The minimum absolute atomic E-state index is 0.0841. The second-order valence-electron chi connectivity index (χ2n) is 14.1. The molecule has 2 bridgehead atoms. The second kappa shape index (κ2) is 12.6. The van der Waals surface area contributed by atoms with Crippen LogP contribution >= 0.6 is 0 Å². The highest BCUT2D eigenvalue weighted by atomic mass is 16.6. The average Bonchev–Trinajstić information content (AvgIpc) is 3.69. The number of furan rings is 1. The van der Waals surface area contributed by atoms with Gasteiger partial charge in [0.25, 0.3) is 0 Å². The first-order chi connectivity index (χ1) is 23.1. The van der Waals surface area contributed by atoms with Gasteiger partial charge in [0, 0.05) is 44.1 Å². The van der Waals surface area contributed by atoms with Crippen LogP contribution in [0.15, 0.2) is 71.6 Å². The molecule has 3 heterocycles. The molecule has 2 aliphatic heterocycles. The summed E-state index contributed by atoms with van der Waals surface area (Å²) >= 11 is 0. The number of carbonyl (C=O) groups is 3. The van der Waals surface area contributed by atoms with E-state index in [1.807, 2.05) is 29.2 Å². The smallest absolute Gasteiger partial charge is 0.308 e. The number of benzene rings is 2. The maximum absolute atomic E-state index is 14.1. The van der Waals surface area contributed by atoms with Crippen molar-refractivity contribution in [3.8, 4) is 11.5 Å². The summed E-state index contributed by atoms with van der Waals surface area (Å²) in [5.41, 5.74) is 2.53. The molecule has 2 aliphatic carbocycles. The molecule has 1 saturated carbocycles. The van der Waals surface area contributed by atoms with E-state index >= 15 is 0 Å². The highest BCUT2D eigenvalue weighted by molar-refractivity contribution is 5.92. The molecule has 252 valence electrons. The summed E-state index contributed by atoms with van der Waals surface area (Å²) in [6.07, 6.45) is 9.44. The van der Waals surface area contributed by atoms with Crippen LogP contribution in [0.5, 0.6) is 11.5 Å². The van der Waals surface area contributed by atoms with Crippen molar-refractivity contribution in [2.75, 3.05) is 19.6 Å². The highest BCUT2D eigenvalue weighted by Crippen LogP contribution is 2.67. The Balaban J connectivity index is 1.34. The molecule has 0 unspecified atom stereocenters. The molecule has 7 rings (SSSR count). The first-order valence-corrected chi connectivity index (χ1v) is 17.1. The Bertz CT molecular complexity index is 1720. The monoisotopic (exact) mass is 652 g/mol. The topological polar surface area (TPSA) is 98.5 Å². The second-order valence-corrected chi connectivity index (χ2v) is 14.1. The summed E-state index contributed by atoms with van der Waals surface area (Å²) < 4.78 is 24.7. The van der Waals surface area contributed by atoms with Gasteiger partial charge in [0.15, 0.2) is 11.5 Å². The zero-order valence-corrected chi connectivity index (χ0v) is 28.1. The predicted octanol–water partition coefficient (Wildman–Crippen LogP) is 5.74. The normalized spacial score (nSPS) is 27.0. The molecule has 5 atom stereocenters. The van der Waals surface area contributed by atoms with E-state index in [9.17, 15) is 14.4 Å². The van der Waals surface area contributed by atoms with E-state index in [-0.39, 0.29) is 29.9 Å². The van der Waals surface area contributed by atoms with Gasteiger partial charge in [0.05, 0.1) is 30.0 Å². The fourth-order valence-corrected chi connectivity index (χ4v) is 9.18. The van der Waals surface area contributed by atoms with E-state index in [2.05, 4.69) is 43.0 Å². The third-order valence-corrected chi connectivity index (χ3v) is 10.8. The van der Waals surface area contributed by atoms with Crippen LogP contribution in [0.2, 0.25) is 0 Å². The van der Waals surface area contributed by atoms with Gasteiger partial charge in [-0.3, -0.25) is 19.3 Å². The van der Waals surface area contributed by atoms with Gasteiger partial charge in [0.2, 0.25) is 5.91 Å². The van der Waals surface area contributed by atoms with Crippen molar-refractivity contribution < 1.29 is 33.0 Å². The van der Waals surface area contributed by atoms with Crippen LogP contribution in [-0.2, 0) is 37.4 Å². The van der Waals surface area contributed by atoms with E-state index in [1.54, 1.807) is 24.7 Å². The van der Waals surface area contributed by atoms with Crippen LogP contribution in [-0.4, -0.2) is 71.1 Å². The highest BCUT2D eigenvalue weighted by Gasteiger charge is 2.75. The van der Waals surface area contributed by atoms with Crippen molar-refractivity contribution in [2.45, 2.75) is 89.0 Å². The Hall–Kier alpha value is -4.37. The number of ether oxygens (including phenoxy) is 3. The fourth-order valence-electron chi connectivity index (χ4n) is 9.18. The number of likely N-dealkylation sites (tertiary alicyclic amines) is 1. The molecule has 0 N–H and O–H groups in total. The lowest BCUT2D eigenvalue weighted by Crippen LogP contribution is -2.79. The SMILES string of the molecule is CC(=O)Oc1ccc2c3c1O[C@H]1[C@H](N(CC(C)C)C(=O)/C=C/c4ccoc4)CC[C@@]4(OC(C)=O)[C@@H](C2)N(CCc2ccccc2)CC[C@]314. The van der Waals surface area contributed by atoms with Crippen molar-refractivity contribution >= 4 is 23.9 Å². The van der Waals surface area contributed by atoms with Gasteiger partial charge >= 0.3 is 11.9 Å². The minimum Gasteiger partial charge on any atom is -0.483 e. The zero-order chi connectivity index (χ0) is 33.6. The molecule has 4 aliphatic rings. The van der Waals surface area contributed by atoms with Crippen LogP contribution in [0.25, 0.3) is 6.08 Å². The quantitative estimate of drug-likeness (QED) is 0.155. The molecule has 1 aromatic heterocycles. The van der Waals surface area contributed by atoms with Gasteiger partial charge in [-0.2, -0.15) is 0 Å². The molecule has 1 spiro atoms. The van der Waals surface area contributed by atoms with Gasteiger partial charge in [-0.1, -0.05) is 50.2 Å². The lowest BCUT2D eigenvalue weighted by atomic mass is 9.48. The first-order valence-electron chi connectivity index (χ1n) is 17.1. The Labute approximate surface area is 281 Å². The fraction of sp³-hybridized carbons (Fsp3) is 0.462. The molecular weight excluding hydrogens is 608 g/mol. The van der Waals surface area contributed by atoms with Crippen molar-refractivity contribution in [2.24, 2.45) is 5.92 Å². The van der Waals surface area contributed by atoms with Crippen molar-refractivity contribution in [1.29, 1.82) is 0 Å². The number of esters is 2. The predicted molar refractivity (Wildman–Crippen MR) is 179 cm³/mol. The third-order valence-electron chi connectivity index (χ3n) is 10.8. The molecule has 2 fully saturated rings. The molecular formula is C39H44N2O7. The molecule has 9 nitrogen and oxygen atoms in total. The Kier molecular flexibility index (Phi) is 8.44. The molecule has 9 heteroatoms. The van der Waals surface area contributed by atoms with Crippen LogP contribution in [0, 0.1) is 5.92 Å². The van der Waals surface area contributed by atoms with E-state index in [1.165, 1.54) is 19.4 Å². The first kappa shape index (κ1) is 32.2. The van der Waals surface area contributed by atoms with Crippen molar-refractivity contribution in [3.63, 3.8) is 0 Å². The van der Waals surface area contributed by atoms with E-state index < -0.39 is 23.1 Å². The van der Waals surface area contributed by atoms with Crippen LogP contribution in [0.4, 0.5) is 0 Å². The van der Waals surface area contributed by atoms with E-state index in [0.29, 0.717) is 43.7 Å². The van der Waals surface area contributed by atoms with Crippen LogP contribution in [0.1, 0.15) is 69.2 Å². The number of rotatable bonds is 10. The summed E-state index contributed by atoms with van der Waals surface area (Å²) in [7, 11) is 0. The van der Waals surface area contributed by atoms with Crippen LogP contribution in [0.3, 0.4) is 0 Å². The summed E-state index contributed by atoms with van der Waals surface area (Å²) in [5, 5.41) is 0. The van der Waals surface area contributed by atoms with Gasteiger partial charge in [-0.15, -0.1) is 0 Å². The number of piperidine rings is 1. The molecule has 3 aromatic rings. The van der Waals surface area contributed by atoms with Crippen LogP contribution < -0.4 is 9.47 Å². The lowest BCUT2D eigenvalue weighted by Gasteiger charge is -2.65.